The molecular formula is C37H55FN6O7. The molecule has 1 aliphatic carbocycles. The quantitative estimate of drug-likeness (QED) is 0.253. The van der Waals surface area contributed by atoms with Crippen molar-refractivity contribution in [1.29, 1.82) is 0 Å². The Bertz CT molecular complexity index is 1520. The zero-order valence-electron chi connectivity index (χ0n) is 31.4. The van der Waals surface area contributed by atoms with Gasteiger partial charge in [0, 0.05) is 29.6 Å². The minimum absolute atomic E-state index is 0.00903. The van der Waals surface area contributed by atoms with Crippen LogP contribution in [0.4, 0.5) is 14.0 Å². The molecule has 13 nitrogen and oxygen atoms in total. The molecule has 4 rings (SSSR count). The molecule has 282 valence electrons. The average Bonchev–Trinajstić information content (AvgIpc) is 3.57. The number of fused-ring (bicyclic) bond motifs is 1. The monoisotopic (exact) mass is 714 g/mol. The van der Waals surface area contributed by atoms with E-state index in [1.165, 1.54) is 15.9 Å². The van der Waals surface area contributed by atoms with Gasteiger partial charge in [0.15, 0.2) is 0 Å². The number of urea groups is 1. The molecule has 5 atom stereocenters. The fourth-order valence-electron chi connectivity index (χ4n) is 6.79. The summed E-state index contributed by atoms with van der Waals surface area (Å²) in [6.45, 7) is 16.3. The number of amides is 6. The summed E-state index contributed by atoms with van der Waals surface area (Å²) in [6.07, 6.45) is 0.572. The van der Waals surface area contributed by atoms with Crippen LogP contribution in [0.15, 0.2) is 18.2 Å². The molecule has 2 fully saturated rings. The van der Waals surface area contributed by atoms with Crippen LogP contribution in [0.25, 0.3) is 0 Å². The van der Waals surface area contributed by atoms with Crippen LogP contribution in [0.3, 0.4) is 0 Å². The number of hydrogen-bond donors (Lipinski definition) is 4. The van der Waals surface area contributed by atoms with Gasteiger partial charge >= 0.3 is 12.1 Å². The Kier molecular flexibility index (Phi) is 12.1. The molecule has 1 saturated heterocycles. The van der Waals surface area contributed by atoms with Gasteiger partial charge in [0.2, 0.25) is 17.6 Å². The highest BCUT2D eigenvalue weighted by Crippen LogP contribution is 2.37. The van der Waals surface area contributed by atoms with Crippen LogP contribution in [0, 0.1) is 23.1 Å². The van der Waals surface area contributed by atoms with Crippen molar-refractivity contribution in [3.8, 4) is 0 Å². The van der Waals surface area contributed by atoms with Crippen molar-refractivity contribution < 1.29 is 37.9 Å². The SMILES string of the molecule is CCC[C@H](NC(=O)[C@@H]1[C@H](C(C)C)[C@@H](OC(=O)N2Cc3cccc(F)c3C2)CN1C(=O)[C@@H](NC(=O)NC(C)(C)C)C(C)(C)C)C(=O)C(=O)NC1CC1. The van der Waals surface area contributed by atoms with Crippen molar-refractivity contribution in [2.75, 3.05) is 6.54 Å². The van der Waals surface area contributed by atoms with Gasteiger partial charge in [0.25, 0.3) is 5.91 Å². The number of ether oxygens (including phenoxy) is 1. The summed E-state index contributed by atoms with van der Waals surface area (Å²) in [5, 5.41) is 11.1. The summed E-state index contributed by atoms with van der Waals surface area (Å²) in [6, 6.07) is 0.558. The number of hydrogen-bond acceptors (Lipinski definition) is 7. The van der Waals surface area contributed by atoms with Crippen molar-refractivity contribution in [2.24, 2.45) is 17.3 Å². The molecule has 0 unspecified atom stereocenters. The molecule has 2 aliphatic heterocycles. The summed E-state index contributed by atoms with van der Waals surface area (Å²) in [7, 11) is 0. The second-order valence-electron chi connectivity index (χ2n) is 16.5. The van der Waals surface area contributed by atoms with Crippen LogP contribution < -0.4 is 21.3 Å². The van der Waals surface area contributed by atoms with Crippen LogP contribution >= 0.6 is 0 Å². The first kappa shape index (κ1) is 39.6. The summed E-state index contributed by atoms with van der Waals surface area (Å²) in [4.78, 5) is 84.4. The van der Waals surface area contributed by atoms with Gasteiger partial charge in [-0.25, -0.2) is 14.0 Å². The lowest BCUT2D eigenvalue weighted by Crippen LogP contribution is -2.61. The van der Waals surface area contributed by atoms with Crippen LogP contribution in [-0.4, -0.2) is 87.8 Å². The highest BCUT2D eigenvalue weighted by atomic mass is 19.1. The predicted octanol–water partition coefficient (Wildman–Crippen LogP) is 3.77. The molecular weight excluding hydrogens is 659 g/mol. The minimum atomic E-state index is -1.22. The summed E-state index contributed by atoms with van der Waals surface area (Å²) < 4.78 is 20.6. The number of rotatable bonds is 11. The van der Waals surface area contributed by atoms with Crippen LogP contribution in [0.1, 0.15) is 99.1 Å². The number of nitrogens with one attached hydrogen (secondary N) is 4. The van der Waals surface area contributed by atoms with Crippen molar-refractivity contribution in [2.45, 2.75) is 137 Å². The maximum absolute atomic E-state index is 14.6. The van der Waals surface area contributed by atoms with E-state index in [4.69, 9.17) is 4.74 Å². The lowest BCUT2D eigenvalue weighted by Gasteiger charge is -2.37. The molecule has 0 aromatic heterocycles. The van der Waals surface area contributed by atoms with Gasteiger partial charge in [-0.15, -0.1) is 0 Å². The molecule has 3 aliphatic rings. The fourth-order valence-corrected chi connectivity index (χ4v) is 6.79. The Labute approximate surface area is 300 Å². The molecule has 14 heteroatoms. The smallest absolute Gasteiger partial charge is 0.410 e. The number of carbonyl (C=O) groups is 6. The third-order valence-corrected chi connectivity index (χ3v) is 9.49. The summed E-state index contributed by atoms with van der Waals surface area (Å²) >= 11 is 0. The highest BCUT2D eigenvalue weighted by Gasteiger charge is 2.54. The summed E-state index contributed by atoms with van der Waals surface area (Å²) in [5.74, 6) is -4.26. The van der Waals surface area contributed by atoms with Gasteiger partial charge in [-0.1, -0.05) is 60.1 Å². The topological polar surface area (TPSA) is 166 Å². The van der Waals surface area contributed by atoms with E-state index in [9.17, 15) is 33.2 Å². The first-order valence-electron chi connectivity index (χ1n) is 18.0. The number of carbonyl (C=O) groups excluding carboxylic acids is 6. The van der Waals surface area contributed by atoms with E-state index >= 15 is 0 Å². The molecule has 1 aromatic carbocycles. The molecule has 1 saturated carbocycles. The van der Waals surface area contributed by atoms with Gasteiger partial charge in [-0.3, -0.25) is 24.1 Å². The first-order chi connectivity index (χ1) is 23.7. The van der Waals surface area contributed by atoms with Crippen LogP contribution in [-0.2, 0) is 37.0 Å². The Morgan fingerprint density at radius 2 is 1.65 bits per heavy atom. The molecule has 1 aromatic rings. The Morgan fingerprint density at radius 3 is 2.20 bits per heavy atom. The Hall–Kier alpha value is -4.23. The van der Waals surface area contributed by atoms with Gasteiger partial charge in [0.1, 0.15) is 24.0 Å². The van der Waals surface area contributed by atoms with Crippen LogP contribution in [0.2, 0.25) is 0 Å². The maximum Gasteiger partial charge on any atom is 0.410 e. The third-order valence-electron chi connectivity index (χ3n) is 9.49. The third kappa shape index (κ3) is 9.76. The minimum Gasteiger partial charge on any atom is -0.444 e. The van der Waals surface area contributed by atoms with Gasteiger partial charge in [0.05, 0.1) is 19.1 Å². The van der Waals surface area contributed by atoms with Crippen molar-refractivity contribution >= 4 is 35.6 Å². The van der Waals surface area contributed by atoms with Crippen LogP contribution in [0.5, 0.6) is 0 Å². The summed E-state index contributed by atoms with van der Waals surface area (Å²) in [5.41, 5.74) is -0.348. The lowest BCUT2D eigenvalue weighted by atomic mass is 9.84. The maximum atomic E-state index is 14.6. The molecule has 0 spiro atoms. The number of halogens is 1. The second kappa shape index (κ2) is 15.6. The lowest BCUT2D eigenvalue weighted by molar-refractivity contribution is -0.145. The van der Waals surface area contributed by atoms with E-state index < -0.39 is 82.5 Å². The fraction of sp³-hybridized carbons (Fsp3) is 0.676. The average molecular weight is 715 g/mol. The number of ketones is 1. The van der Waals surface area contributed by atoms with Gasteiger partial charge < -0.3 is 30.9 Å². The van der Waals surface area contributed by atoms with E-state index in [1.807, 2.05) is 20.8 Å². The van der Waals surface area contributed by atoms with E-state index in [0.717, 1.165) is 12.8 Å². The number of benzene rings is 1. The highest BCUT2D eigenvalue weighted by molar-refractivity contribution is 6.38. The second-order valence-corrected chi connectivity index (χ2v) is 16.5. The largest absolute Gasteiger partial charge is 0.444 e. The standard InChI is InChI=1S/C37H55FN6O7/c1-10-12-25(29(45)32(47)39-22-15-16-22)40-31(46)28-27(20(2)3)26(51-35(50)43-17-21-13-11-14-24(38)23(21)18-43)19-44(28)33(48)30(36(4,5)6)41-34(49)42-37(7,8)9/h11,13-14,20,22,25-28,30H,10,12,15-19H2,1-9H3,(H,39,47)(H,40,46)(H2,41,42,49)/t25-,26-,27+,28-,30+/m0/s1. The normalized spacial score (nSPS) is 21.4. The molecule has 4 N–H and O–H groups in total. The van der Waals surface area contributed by atoms with Gasteiger partial charge in [-0.2, -0.15) is 0 Å². The number of likely N-dealkylation sites (tertiary alicyclic amines) is 1. The van der Waals surface area contributed by atoms with Crippen molar-refractivity contribution in [1.82, 2.24) is 31.1 Å². The zero-order chi connectivity index (χ0) is 38.0. The van der Waals surface area contributed by atoms with Crippen molar-refractivity contribution in [3.63, 3.8) is 0 Å². The molecule has 2 heterocycles. The van der Waals surface area contributed by atoms with E-state index in [-0.39, 0.29) is 38.0 Å². The molecule has 0 bridgehead atoms. The zero-order valence-corrected chi connectivity index (χ0v) is 31.4. The Morgan fingerprint density at radius 1 is 0.980 bits per heavy atom. The first-order valence-corrected chi connectivity index (χ1v) is 18.0. The van der Waals surface area contributed by atoms with Gasteiger partial charge in [-0.05, 0) is 63.0 Å². The molecule has 0 radical (unpaired) electrons. The van der Waals surface area contributed by atoms with E-state index in [1.54, 1.807) is 53.7 Å². The predicted molar refractivity (Wildman–Crippen MR) is 187 cm³/mol. The molecule has 51 heavy (non-hydrogen) atoms. The number of Topliss-reactive ketones (excluding diaryl/α,β-unsaturated/α-hetero) is 1. The van der Waals surface area contributed by atoms with Crippen molar-refractivity contribution in [3.05, 3.63) is 35.1 Å². The molecule has 6 amide bonds. The number of nitrogens with zero attached hydrogens (tertiary/aromatic N) is 2. The van der Waals surface area contributed by atoms with E-state index in [2.05, 4.69) is 21.3 Å². The Balaban J connectivity index is 1.66. The van der Waals surface area contributed by atoms with E-state index in [0.29, 0.717) is 17.5 Å².